The maximum atomic E-state index is 12.9. The predicted octanol–water partition coefficient (Wildman–Crippen LogP) is 1.22. The molecule has 0 saturated carbocycles. The van der Waals surface area contributed by atoms with E-state index in [0.717, 1.165) is 12.1 Å². The van der Waals surface area contributed by atoms with Gasteiger partial charge >= 0.3 is 0 Å². The SMILES string of the molecule is COCCCS(=O)(=O)c1cc(F)ccc1N. The van der Waals surface area contributed by atoms with Gasteiger partial charge < -0.3 is 10.5 Å². The van der Waals surface area contributed by atoms with E-state index in [1.165, 1.54) is 13.2 Å². The van der Waals surface area contributed by atoms with Crippen LogP contribution >= 0.6 is 0 Å². The molecule has 6 heteroatoms. The molecular weight excluding hydrogens is 233 g/mol. The smallest absolute Gasteiger partial charge is 0.180 e. The average Bonchev–Trinajstić information content (AvgIpc) is 2.22. The van der Waals surface area contributed by atoms with Crippen LogP contribution in [-0.2, 0) is 14.6 Å². The third-order valence-electron chi connectivity index (χ3n) is 2.07. The normalized spacial score (nSPS) is 11.6. The highest BCUT2D eigenvalue weighted by molar-refractivity contribution is 7.91. The minimum Gasteiger partial charge on any atom is -0.398 e. The first-order valence-electron chi connectivity index (χ1n) is 4.74. The molecule has 0 atom stereocenters. The monoisotopic (exact) mass is 247 g/mol. The largest absolute Gasteiger partial charge is 0.398 e. The summed E-state index contributed by atoms with van der Waals surface area (Å²) in [4.78, 5) is -0.149. The van der Waals surface area contributed by atoms with Crippen molar-refractivity contribution in [2.75, 3.05) is 25.2 Å². The number of hydrogen-bond acceptors (Lipinski definition) is 4. The van der Waals surface area contributed by atoms with Crippen molar-refractivity contribution in [3.63, 3.8) is 0 Å². The first-order chi connectivity index (χ1) is 7.47. The standard InChI is InChI=1S/C10H14FNO3S/c1-15-5-2-6-16(13,14)10-7-8(11)3-4-9(10)12/h3-4,7H,2,5-6,12H2,1H3. The van der Waals surface area contributed by atoms with Gasteiger partial charge in [-0.15, -0.1) is 0 Å². The highest BCUT2D eigenvalue weighted by Gasteiger charge is 2.17. The molecule has 0 unspecified atom stereocenters. The van der Waals surface area contributed by atoms with Crippen LogP contribution in [0, 0.1) is 5.82 Å². The summed E-state index contributed by atoms with van der Waals surface area (Å²) in [6.07, 6.45) is 0.356. The highest BCUT2D eigenvalue weighted by Crippen LogP contribution is 2.21. The van der Waals surface area contributed by atoms with Gasteiger partial charge in [0, 0.05) is 13.7 Å². The first-order valence-corrected chi connectivity index (χ1v) is 6.39. The summed E-state index contributed by atoms with van der Waals surface area (Å²) in [7, 11) is -2.04. The minimum atomic E-state index is -3.53. The van der Waals surface area contributed by atoms with Gasteiger partial charge in [0.15, 0.2) is 9.84 Å². The van der Waals surface area contributed by atoms with Crippen LogP contribution in [0.25, 0.3) is 0 Å². The summed E-state index contributed by atoms with van der Waals surface area (Å²) in [6, 6.07) is 3.32. The molecule has 0 saturated heterocycles. The lowest BCUT2D eigenvalue weighted by atomic mass is 10.3. The van der Waals surface area contributed by atoms with Crippen LogP contribution in [0.2, 0.25) is 0 Å². The fraction of sp³-hybridized carbons (Fsp3) is 0.400. The topological polar surface area (TPSA) is 69.4 Å². The van der Waals surface area contributed by atoms with Crippen molar-refractivity contribution in [1.82, 2.24) is 0 Å². The molecule has 1 rings (SSSR count). The third-order valence-corrected chi connectivity index (χ3v) is 3.92. The summed E-state index contributed by atoms with van der Waals surface area (Å²) < 4.78 is 41.2. The zero-order valence-corrected chi connectivity index (χ0v) is 9.76. The zero-order chi connectivity index (χ0) is 12.2. The van der Waals surface area contributed by atoms with Crippen LogP contribution in [0.15, 0.2) is 23.1 Å². The maximum Gasteiger partial charge on any atom is 0.180 e. The van der Waals surface area contributed by atoms with Gasteiger partial charge in [-0.05, 0) is 24.6 Å². The number of methoxy groups -OCH3 is 1. The van der Waals surface area contributed by atoms with E-state index in [1.54, 1.807) is 0 Å². The molecule has 16 heavy (non-hydrogen) atoms. The Kier molecular flexibility index (Phi) is 4.26. The van der Waals surface area contributed by atoms with E-state index in [0.29, 0.717) is 13.0 Å². The number of halogens is 1. The molecule has 1 aromatic carbocycles. The van der Waals surface area contributed by atoms with E-state index in [9.17, 15) is 12.8 Å². The lowest BCUT2D eigenvalue weighted by Gasteiger charge is -2.07. The van der Waals surface area contributed by atoms with E-state index < -0.39 is 15.7 Å². The zero-order valence-electron chi connectivity index (χ0n) is 8.94. The molecule has 0 fully saturated rings. The Morgan fingerprint density at radius 3 is 2.75 bits per heavy atom. The molecule has 0 heterocycles. The van der Waals surface area contributed by atoms with E-state index in [4.69, 9.17) is 10.5 Å². The van der Waals surface area contributed by atoms with Gasteiger partial charge in [-0.25, -0.2) is 12.8 Å². The lowest BCUT2D eigenvalue weighted by molar-refractivity contribution is 0.199. The third kappa shape index (κ3) is 3.18. The Balaban J connectivity index is 2.93. The van der Waals surface area contributed by atoms with Crippen LogP contribution in [-0.4, -0.2) is 27.9 Å². The van der Waals surface area contributed by atoms with E-state index in [-0.39, 0.29) is 16.3 Å². The predicted molar refractivity (Wildman–Crippen MR) is 59.4 cm³/mol. The van der Waals surface area contributed by atoms with Crippen LogP contribution < -0.4 is 5.73 Å². The van der Waals surface area contributed by atoms with Crippen LogP contribution in [0.1, 0.15) is 6.42 Å². The van der Waals surface area contributed by atoms with Crippen molar-refractivity contribution in [3.8, 4) is 0 Å². The number of nitrogen functional groups attached to an aromatic ring is 1. The average molecular weight is 247 g/mol. The Morgan fingerprint density at radius 1 is 1.44 bits per heavy atom. The van der Waals surface area contributed by atoms with Crippen molar-refractivity contribution < 1.29 is 17.5 Å². The Morgan fingerprint density at radius 2 is 2.12 bits per heavy atom. The Labute approximate surface area is 94.1 Å². The second-order valence-corrected chi connectivity index (χ2v) is 5.42. The minimum absolute atomic E-state index is 0.0683. The molecule has 0 amide bonds. The summed E-state index contributed by atoms with van der Waals surface area (Å²) in [5.74, 6) is -0.714. The molecule has 4 nitrogen and oxygen atoms in total. The number of benzene rings is 1. The van der Waals surface area contributed by atoms with E-state index in [2.05, 4.69) is 0 Å². The first kappa shape index (κ1) is 12.9. The maximum absolute atomic E-state index is 12.9. The summed E-state index contributed by atoms with van der Waals surface area (Å²) in [6.45, 7) is 0.342. The quantitative estimate of drug-likeness (QED) is 0.627. The molecule has 0 bridgehead atoms. The summed E-state index contributed by atoms with van der Waals surface area (Å²) >= 11 is 0. The summed E-state index contributed by atoms with van der Waals surface area (Å²) in [5, 5.41) is 0. The molecule has 0 aliphatic rings. The number of rotatable bonds is 5. The van der Waals surface area contributed by atoms with Crippen molar-refractivity contribution in [3.05, 3.63) is 24.0 Å². The van der Waals surface area contributed by atoms with Gasteiger partial charge in [0.25, 0.3) is 0 Å². The van der Waals surface area contributed by atoms with Gasteiger partial charge in [-0.1, -0.05) is 0 Å². The number of anilines is 1. The second-order valence-electron chi connectivity index (χ2n) is 3.35. The molecule has 0 aliphatic heterocycles. The van der Waals surface area contributed by atoms with Crippen LogP contribution in [0.5, 0.6) is 0 Å². The fourth-order valence-electron chi connectivity index (χ4n) is 1.28. The second kappa shape index (κ2) is 5.27. The molecule has 0 aliphatic carbocycles. The van der Waals surface area contributed by atoms with Crippen molar-refractivity contribution in [1.29, 1.82) is 0 Å². The summed E-state index contributed by atoms with van der Waals surface area (Å²) in [5.41, 5.74) is 5.57. The molecule has 1 aromatic rings. The van der Waals surface area contributed by atoms with Crippen molar-refractivity contribution in [2.24, 2.45) is 0 Å². The van der Waals surface area contributed by atoms with Gasteiger partial charge in [-0.3, -0.25) is 0 Å². The van der Waals surface area contributed by atoms with Crippen molar-refractivity contribution >= 4 is 15.5 Å². The Bertz CT molecular complexity index is 459. The molecule has 0 radical (unpaired) electrons. The fourth-order valence-corrected chi connectivity index (χ4v) is 2.72. The van der Waals surface area contributed by atoms with E-state index in [1.807, 2.05) is 0 Å². The molecule has 2 N–H and O–H groups in total. The van der Waals surface area contributed by atoms with Gasteiger partial charge in [0.05, 0.1) is 16.3 Å². The van der Waals surface area contributed by atoms with Crippen LogP contribution in [0.3, 0.4) is 0 Å². The van der Waals surface area contributed by atoms with Crippen molar-refractivity contribution in [2.45, 2.75) is 11.3 Å². The lowest BCUT2D eigenvalue weighted by Crippen LogP contribution is -2.11. The van der Waals surface area contributed by atoms with Gasteiger partial charge in [0.1, 0.15) is 5.82 Å². The van der Waals surface area contributed by atoms with Crippen LogP contribution in [0.4, 0.5) is 10.1 Å². The highest BCUT2D eigenvalue weighted by atomic mass is 32.2. The van der Waals surface area contributed by atoms with E-state index >= 15 is 0 Å². The Hall–Kier alpha value is -1.14. The van der Waals surface area contributed by atoms with Gasteiger partial charge in [-0.2, -0.15) is 0 Å². The molecule has 90 valence electrons. The molecule has 0 spiro atoms. The molecular formula is C10H14FNO3S. The number of hydrogen-bond donors (Lipinski definition) is 1. The number of ether oxygens (including phenoxy) is 1. The number of nitrogens with two attached hydrogens (primary N) is 1. The van der Waals surface area contributed by atoms with Gasteiger partial charge in [0.2, 0.25) is 0 Å². The number of sulfone groups is 1. The molecule has 0 aromatic heterocycles.